The lowest BCUT2D eigenvalue weighted by Gasteiger charge is -2.36. The van der Waals surface area contributed by atoms with Crippen LogP contribution in [0.25, 0.3) is 0 Å². The molecule has 29 heavy (non-hydrogen) atoms. The molecule has 3 aromatic rings. The third-order valence-corrected chi connectivity index (χ3v) is 6.73. The van der Waals surface area contributed by atoms with E-state index in [-0.39, 0.29) is 11.4 Å². The molecule has 2 aromatic carbocycles. The molecule has 4 rings (SSSR count). The van der Waals surface area contributed by atoms with E-state index in [1.165, 1.54) is 5.56 Å². The first-order valence-corrected chi connectivity index (χ1v) is 10.6. The number of aromatic nitrogens is 2. The van der Waals surface area contributed by atoms with Crippen molar-refractivity contribution in [3.05, 3.63) is 83.9 Å². The zero-order valence-electron chi connectivity index (χ0n) is 16.3. The highest BCUT2D eigenvalue weighted by molar-refractivity contribution is 8.00. The summed E-state index contributed by atoms with van der Waals surface area (Å²) in [5, 5.41) is 9.61. The van der Waals surface area contributed by atoms with Crippen molar-refractivity contribution in [2.75, 3.05) is 6.61 Å². The Labute approximate surface area is 174 Å². The fraction of sp³-hybridized carbons (Fsp3) is 0.304. The van der Waals surface area contributed by atoms with Gasteiger partial charge in [0.15, 0.2) is 0 Å². The van der Waals surface area contributed by atoms with E-state index in [0.717, 1.165) is 22.8 Å². The van der Waals surface area contributed by atoms with Gasteiger partial charge in [0, 0.05) is 30.4 Å². The number of carboxylic acid groups (broad SMARTS) is 1. The van der Waals surface area contributed by atoms with Crippen molar-refractivity contribution in [3.8, 4) is 0 Å². The van der Waals surface area contributed by atoms with E-state index >= 15 is 0 Å². The van der Waals surface area contributed by atoms with E-state index in [4.69, 9.17) is 4.74 Å². The first kappa shape index (κ1) is 19.7. The lowest BCUT2D eigenvalue weighted by Crippen LogP contribution is -2.37. The average molecular weight is 409 g/mol. The van der Waals surface area contributed by atoms with Crippen molar-refractivity contribution in [1.29, 1.82) is 0 Å². The molecule has 0 saturated carbocycles. The highest BCUT2D eigenvalue weighted by atomic mass is 32.2. The molecule has 1 aliphatic heterocycles. The molecule has 6 heteroatoms. The van der Waals surface area contributed by atoms with Crippen molar-refractivity contribution >= 4 is 17.7 Å². The molecule has 0 spiro atoms. The van der Waals surface area contributed by atoms with E-state index in [1.807, 2.05) is 43.5 Å². The Balaban J connectivity index is 1.54. The summed E-state index contributed by atoms with van der Waals surface area (Å²) in [6, 6.07) is 18.3. The second kappa shape index (κ2) is 8.84. The molecule has 3 unspecified atom stereocenters. The second-order valence-corrected chi connectivity index (χ2v) is 8.52. The molecule has 1 saturated heterocycles. The van der Waals surface area contributed by atoms with E-state index in [2.05, 4.69) is 33.8 Å². The summed E-state index contributed by atoms with van der Waals surface area (Å²) < 4.78 is 8.14. The predicted molar refractivity (Wildman–Crippen MR) is 113 cm³/mol. The molecule has 1 aromatic heterocycles. The van der Waals surface area contributed by atoms with Crippen LogP contribution < -0.4 is 0 Å². The molecule has 5 nitrogen and oxygen atoms in total. The molecule has 1 N–H and O–H groups in total. The van der Waals surface area contributed by atoms with Crippen molar-refractivity contribution in [2.24, 2.45) is 5.92 Å². The topological polar surface area (TPSA) is 64.4 Å². The first-order chi connectivity index (χ1) is 14.1. The Morgan fingerprint density at radius 3 is 2.62 bits per heavy atom. The standard InChI is InChI=1S/C23H24N2O3S/c1-16-24-12-13-25(16)15-17-7-9-19(10-8-17)29-22-20(23(26)27)11-14-28-21(22)18-5-3-2-4-6-18/h2-10,12-13,20-22H,11,14-15H2,1H3,(H,26,27). The van der Waals surface area contributed by atoms with Crippen molar-refractivity contribution < 1.29 is 14.6 Å². The lowest BCUT2D eigenvalue weighted by molar-refractivity contribution is -0.146. The Hall–Kier alpha value is -2.57. The molecule has 2 heterocycles. The molecular formula is C23H24N2O3S. The normalized spacial score (nSPS) is 21.8. The van der Waals surface area contributed by atoms with Crippen molar-refractivity contribution in [3.63, 3.8) is 0 Å². The number of aryl methyl sites for hydroxylation is 1. The van der Waals surface area contributed by atoms with Crippen molar-refractivity contribution in [2.45, 2.75) is 36.1 Å². The molecule has 0 bridgehead atoms. The summed E-state index contributed by atoms with van der Waals surface area (Å²) in [4.78, 5) is 17.2. The number of hydrogen-bond donors (Lipinski definition) is 1. The SMILES string of the molecule is Cc1nccn1Cc1ccc(SC2C(C(=O)O)CCOC2c2ccccc2)cc1. The molecule has 1 fully saturated rings. The van der Waals surface area contributed by atoms with Gasteiger partial charge in [-0.1, -0.05) is 42.5 Å². The number of aliphatic carboxylic acids is 1. The Kier molecular flexibility index (Phi) is 6.02. The van der Waals surface area contributed by atoms with Crippen LogP contribution >= 0.6 is 11.8 Å². The van der Waals surface area contributed by atoms with Gasteiger partial charge in [0.25, 0.3) is 0 Å². The van der Waals surface area contributed by atoms with Gasteiger partial charge in [-0.05, 0) is 36.6 Å². The third-order valence-electron chi connectivity index (χ3n) is 5.34. The van der Waals surface area contributed by atoms with E-state index in [0.29, 0.717) is 13.0 Å². The average Bonchev–Trinajstić information content (AvgIpc) is 3.14. The number of imidazole rings is 1. The van der Waals surface area contributed by atoms with Crippen LogP contribution in [0.2, 0.25) is 0 Å². The quantitative estimate of drug-likeness (QED) is 0.648. The van der Waals surface area contributed by atoms with Crippen LogP contribution in [-0.4, -0.2) is 32.5 Å². The molecule has 0 aliphatic carbocycles. The van der Waals surface area contributed by atoms with Gasteiger partial charge in [-0.3, -0.25) is 4.79 Å². The molecular weight excluding hydrogens is 384 g/mol. The van der Waals surface area contributed by atoms with E-state index in [1.54, 1.807) is 18.0 Å². The zero-order valence-corrected chi connectivity index (χ0v) is 17.1. The van der Waals surface area contributed by atoms with Crippen molar-refractivity contribution in [1.82, 2.24) is 9.55 Å². The van der Waals surface area contributed by atoms with Gasteiger partial charge in [-0.15, -0.1) is 11.8 Å². The first-order valence-electron chi connectivity index (χ1n) is 9.74. The predicted octanol–water partition coefficient (Wildman–Crippen LogP) is 4.56. The highest BCUT2D eigenvalue weighted by Gasteiger charge is 2.39. The highest BCUT2D eigenvalue weighted by Crippen LogP contribution is 2.43. The van der Waals surface area contributed by atoms with Crippen LogP contribution in [-0.2, 0) is 16.1 Å². The number of thioether (sulfide) groups is 1. The summed E-state index contributed by atoms with van der Waals surface area (Å²) in [7, 11) is 0. The number of carboxylic acids is 1. The van der Waals surface area contributed by atoms with Crippen LogP contribution in [0.15, 0.2) is 71.9 Å². The lowest BCUT2D eigenvalue weighted by atomic mass is 9.91. The zero-order chi connectivity index (χ0) is 20.2. The fourth-order valence-corrected chi connectivity index (χ4v) is 5.11. The van der Waals surface area contributed by atoms with E-state index < -0.39 is 11.9 Å². The maximum absolute atomic E-state index is 11.9. The van der Waals surface area contributed by atoms with Gasteiger partial charge in [-0.25, -0.2) is 4.98 Å². The molecule has 0 amide bonds. The second-order valence-electron chi connectivity index (χ2n) is 7.26. The summed E-state index contributed by atoms with van der Waals surface area (Å²) in [6.07, 6.45) is 4.08. The molecule has 1 aliphatic rings. The van der Waals surface area contributed by atoms with Crippen LogP contribution in [0.5, 0.6) is 0 Å². The number of carbonyl (C=O) groups is 1. The fourth-order valence-electron chi connectivity index (χ4n) is 3.73. The minimum Gasteiger partial charge on any atom is -0.481 e. The number of benzene rings is 2. The summed E-state index contributed by atoms with van der Waals surface area (Å²) in [6.45, 7) is 3.23. The smallest absolute Gasteiger partial charge is 0.307 e. The number of rotatable bonds is 6. The minimum absolute atomic E-state index is 0.176. The Bertz CT molecular complexity index is 956. The van der Waals surface area contributed by atoms with Crippen LogP contribution in [0, 0.1) is 12.8 Å². The maximum Gasteiger partial charge on any atom is 0.307 e. The van der Waals surface area contributed by atoms with Gasteiger partial charge in [0.2, 0.25) is 0 Å². The number of ether oxygens (including phenoxy) is 1. The van der Waals surface area contributed by atoms with Gasteiger partial charge >= 0.3 is 5.97 Å². The van der Waals surface area contributed by atoms with Crippen LogP contribution in [0.3, 0.4) is 0 Å². The third kappa shape index (κ3) is 4.54. The van der Waals surface area contributed by atoms with Gasteiger partial charge in [0.1, 0.15) is 5.82 Å². The largest absolute Gasteiger partial charge is 0.481 e. The van der Waals surface area contributed by atoms with Gasteiger partial charge < -0.3 is 14.4 Å². The van der Waals surface area contributed by atoms with Crippen LogP contribution in [0.1, 0.15) is 29.5 Å². The van der Waals surface area contributed by atoms with Crippen LogP contribution in [0.4, 0.5) is 0 Å². The van der Waals surface area contributed by atoms with Gasteiger partial charge in [0.05, 0.1) is 17.3 Å². The summed E-state index contributed by atoms with van der Waals surface area (Å²) >= 11 is 1.60. The maximum atomic E-state index is 11.9. The monoisotopic (exact) mass is 408 g/mol. The van der Waals surface area contributed by atoms with Gasteiger partial charge in [-0.2, -0.15) is 0 Å². The molecule has 0 radical (unpaired) electrons. The molecule has 3 atom stereocenters. The van der Waals surface area contributed by atoms with E-state index in [9.17, 15) is 9.90 Å². The number of nitrogens with zero attached hydrogens (tertiary/aromatic N) is 2. The Morgan fingerprint density at radius 2 is 1.97 bits per heavy atom. The summed E-state index contributed by atoms with van der Waals surface area (Å²) in [5.74, 6) is -0.205. The minimum atomic E-state index is -0.751. The number of hydrogen-bond acceptors (Lipinski definition) is 4. The Morgan fingerprint density at radius 1 is 1.21 bits per heavy atom. The molecule has 150 valence electrons. The summed E-state index contributed by atoms with van der Waals surface area (Å²) in [5.41, 5.74) is 2.22.